The zero-order valence-corrected chi connectivity index (χ0v) is 13.7. The van der Waals surface area contributed by atoms with Crippen LogP contribution in [0.5, 0.6) is 5.75 Å². The smallest absolute Gasteiger partial charge is 0.337 e. The normalized spacial score (nSPS) is 15.4. The van der Waals surface area contributed by atoms with Crippen molar-refractivity contribution in [2.24, 2.45) is 0 Å². The van der Waals surface area contributed by atoms with Gasteiger partial charge in [-0.25, -0.2) is 4.79 Å². The number of anilines is 2. The molecule has 1 aliphatic heterocycles. The molecule has 0 spiro atoms. The van der Waals surface area contributed by atoms with Crippen LogP contribution in [-0.4, -0.2) is 31.0 Å². The molecule has 0 aromatic heterocycles. The van der Waals surface area contributed by atoms with E-state index < -0.39 is 12.1 Å². The fourth-order valence-corrected chi connectivity index (χ4v) is 2.35. The van der Waals surface area contributed by atoms with Gasteiger partial charge in [0.05, 0.1) is 18.4 Å². The van der Waals surface area contributed by atoms with Crippen LogP contribution in [0.1, 0.15) is 27.6 Å². The number of amides is 2. The van der Waals surface area contributed by atoms with Gasteiger partial charge in [-0.05, 0) is 49.4 Å². The van der Waals surface area contributed by atoms with E-state index in [9.17, 15) is 14.4 Å². The lowest BCUT2D eigenvalue weighted by atomic mass is 10.1. The highest BCUT2D eigenvalue weighted by atomic mass is 16.5. The van der Waals surface area contributed by atoms with Crippen molar-refractivity contribution in [3.63, 3.8) is 0 Å². The Hall–Kier alpha value is -3.35. The summed E-state index contributed by atoms with van der Waals surface area (Å²) < 4.78 is 10.1. The van der Waals surface area contributed by atoms with E-state index >= 15 is 0 Å². The number of benzene rings is 2. The van der Waals surface area contributed by atoms with Gasteiger partial charge in [0.15, 0.2) is 6.10 Å². The van der Waals surface area contributed by atoms with Crippen LogP contribution in [0.25, 0.3) is 0 Å². The van der Waals surface area contributed by atoms with Gasteiger partial charge in [-0.15, -0.1) is 0 Å². The molecule has 2 amide bonds. The van der Waals surface area contributed by atoms with Crippen LogP contribution < -0.4 is 15.4 Å². The summed E-state index contributed by atoms with van der Waals surface area (Å²) in [6.07, 6.45) is -0.614. The van der Waals surface area contributed by atoms with E-state index in [0.29, 0.717) is 28.3 Å². The molecule has 2 aromatic carbocycles. The van der Waals surface area contributed by atoms with E-state index in [1.54, 1.807) is 49.4 Å². The topological polar surface area (TPSA) is 93.7 Å². The molecule has 1 atom stereocenters. The van der Waals surface area contributed by atoms with E-state index in [-0.39, 0.29) is 11.8 Å². The predicted molar refractivity (Wildman–Crippen MR) is 90.9 cm³/mol. The monoisotopic (exact) mass is 340 g/mol. The highest BCUT2D eigenvalue weighted by molar-refractivity contribution is 6.06. The van der Waals surface area contributed by atoms with Gasteiger partial charge in [0.1, 0.15) is 5.75 Å². The van der Waals surface area contributed by atoms with Crippen LogP contribution in [0, 0.1) is 0 Å². The van der Waals surface area contributed by atoms with Gasteiger partial charge >= 0.3 is 5.97 Å². The first-order valence-corrected chi connectivity index (χ1v) is 7.59. The van der Waals surface area contributed by atoms with Crippen LogP contribution in [0.3, 0.4) is 0 Å². The third-order valence-electron chi connectivity index (χ3n) is 3.74. The average Bonchev–Trinajstić information content (AvgIpc) is 2.62. The Kier molecular flexibility index (Phi) is 4.38. The lowest BCUT2D eigenvalue weighted by Crippen LogP contribution is -2.34. The molecule has 2 aromatic rings. The minimum Gasteiger partial charge on any atom is -0.479 e. The Morgan fingerprint density at radius 2 is 1.80 bits per heavy atom. The molecule has 7 nitrogen and oxygen atoms in total. The van der Waals surface area contributed by atoms with Crippen molar-refractivity contribution >= 4 is 29.2 Å². The summed E-state index contributed by atoms with van der Waals surface area (Å²) in [7, 11) is 1.31. The summed E-state index contributed by atoms with van der Waals surface area (Å²) in [6, 6.07) is 11.1. The Morgan fingerprint density at radius 1 is 1.12 bits per heavy atom. The van der Waals surface area contributed by atoms with Crippen molar-refractivity contribution in [2.75, 3.05) is 17.7 Å². The molecule has 0 radical (unpaired) electrons. The molecular weight excluding hydrogens is 324 g/mol. The number of methoxy groups -OCH3 is 1. The van der Waals surface area contributed by atoms with Crippen LogP contribution >= 0.6 is 0 Å². The molecule has 0 aliphatic carbocycles. The van der Waals surface area contributed by atoms with Gasteiger partial charge in [0.2, 0.25) is 0 Å². The molecule has 0 bridgehead atoms. The summed E-state index contributed by atoms with van der Waals surface area (Å²) in [4.78, 5) is 35.3. The standard InChI is InChI=1S/C18H16N2O5/c1-10-16(21)20-14-8-5-12(9-15(14)25-10)17(22)19-13-6-3-11(4-7-13)18(23)24-2/h3-10H,1-2H3,(H,19,22)(H,20,21). The van der Waals surface area contributed by atoms with Gasteiger partial charge < -0.3 is 20.1 Å². The Bertz CT molecular complexity index is 845. The molecule has 128 valence electrons. The maximum atomic E-state index is 12.4. The number of rotatable bonds is 3. The first-order chi connectivity index (χ1) is 12.0. The Morgan fingerprint density at radius 3 is 2.48 bits per heavy atom. The average molecular weight is 340 g/mol. The zero-order valence-electron chi connectivity index (χ0n) is 13.7. The fourth-order valence-electron chi connectivity index (χ4n) is 2.35. The van der Waals surface area contributed by atoms with Crippen molar-refractivity contribution in [3.8, 4) is 5.75 Å². The first-order valence-electron chi connectivity index (χ1n) is 7.59. The number of fused-ring (bicyclic) bond motifs is 1. The maximum Gasteiger partial charge on any atom is 0.337 e. The van der Waals surface area contributed by atoms with Gasteiger partial charge in [-0.2, -0.15) is 0 Å². The minimum atomic E-state index is -0.614. The van der Waals surface area contributed by atoms with Crippen molar-refractivity contribution in [1.82, 2.24) is 0 Å². The highest BCUT2D eigenvalue weighted by Gasteiger charge is 2.24. The molecule has 7 heteroatoms. The van der Waals surface area contributed by atoms with E-state index in [0.717, 1.165) is 0 Å². The SMILES string of the molecule is COC(=O)c1ccc(NC(=O)c2ccc3c(c2)OC(C)C(=O)N3)cc1. The molecular formula is C18H16N2O5. The van der Waals surface area contributed by atoms with Crippen LogP contribution in [0.4, 0.5) is 11.4 Å². The number of hydrogen-bond acceptors (Lipinski definition) is 5. The second-order valence-corrected chi connectivity index (χ2v) is 5.48. The lowest BCUT2D eigenvalue weighted by molar-refractivity contribution is -0.122. The van der Waals surface area contributed by atoms with Crippen molar-refractivity contribution in [2.45, 2.75) is 13.0 Å². The molecule has 2 N–H and O–H groups in total. The predicted octanol–water partition coefficient (Wildman–Crippen LogP) is 2.44. The molecule has 1 unspecified atom stereocenters. The van der Waals surface area contributed by atoms with Crippen LogP contribution in [-0.2, 0) is 9.53 Å². The molecule has 1 heterocycles. The number of nitrogens with one attached hydrogen (secondary N) is 2. The summed E-state index contributed by atoms with van der Waals surface area (Å²) in [5.41, 5.74) is 1.85. The van der Waals surface area contributed by atoms with E-state index in [4.69, 9.17) is 4.74 Å². The number of hydrogen-bond donors (Lipinski definition) is 2. The molecule has 0 saturated carbocycles. The second kappa shape index (κ2) is 6.64. The van der Waals surface area contributed by atoms with E-state index in [2.05, 4.69) is 15.4 Å². The summed E-state index contributed by atoms with van der Waals surface area (Å²) in [5.74, 6) is -0.557. The molecule has 3 rings (SSSR count). The highest BCUT2D eigenvalue weighted by Crippen LogP contribution is 2.30. The Balaban J connectivity index is 1.74. The minimum absolute atomic E-state index is 0.226. The van der Waals surface area contributed by atoms with Crippen molar-refractivity contribution in [1.29, 1.82) is 0 Å². The number of esters is 1. The molecule has 0 saturated heterocycles. The quantitative estimate of drug-likeness (QED) is 0.837. The van der Waals surface area contributed by atoms with E-state index in [1.807, 2.05) is 0 Å². The van der Waals surface area contributed by atoms with Crippen LogP contribution in [0.2, 0.25) is 0 Å². The van der Waals surface area contributed by atoms with Gasteiger partial charge in [0.25, 0.3) is 11.8 Å². The summed E-state index contributed by atoms with van der Waals surface area (Å²) >= 11 is 0. The number of carbonyl (C=O) groups is 3. The van der Waals surface area contributed by atoms with Crippen molar-refractivity contribution < 1.29 is 23.9 Å². The van der Waals surface area contributed by atoms with Gasteiger partial charge in [-0.1, -0.05) is 0 Å². The first kappa shape index (κ1) is 16.5. The summed E-state index contributed by atoms with van der Waals surface area (Å²) in [6.45, 7) is 1.63. The molecule has 1 aliphatic rings. The second-order valence-electron chi connectivity index (χ2n) is 5.48. The third kappa shape index (κ3) is 3.45. The van der Waals surface area contributed by atoms with Gasteiger partial charge in [-0.3, -0.25) is 9.59 Å². The summed E-state index contributed by atoms with van der Waals surface area (Å²) in [5, 5.41) is 5.44. The van der Waals surface area contributed by atoms with E-state index in [1.165, 1.54) is 7.11 Å². The van der Waals surface area contributed by atoms with Gasteiger partial charge in [0, 0.05) is 11.3 Å². The molecule has 25 heavy (non-hydrogen) atoms. The maximum absolute atomic E-state index is 12.4. The number of ether oxygens (including phenoxy) is 2. The molecule has 0 fully saturated rings. The zero-order chi connectivity index (χ0) is 18.0. The number of carbonyl (C=O) groups excluding carboxylic acids is 3. The largest absolute Gasteiger partial charge is 0.479 e. The Labute approximate surface area is 143 Å². The lowest BCUT2D eigenvalue weighted by Gasteiger charge is -2.23. The fraction of sp³-hybridized carbons (Fsp3) is 0.167. The third-order valence-corrected chi connectivity index (χ3v) is 3.74. The van der Waals surface area contributed by atoms with Crippen molar-refractivity contribution in [3.05, 3.63) is 53.6 Å². The van der Waals surface area contributed by atoms with Crippen LogP contribution in [0.15, 0.2) is 42.5 Å².